The average molecular weight is 485 g/mol. The van der Waals surface area contributed by atoms with Gasteiger partial charge < -0.3 is 16.0 Å². The summed E-state index contributed by atoms with van der Waals surface area (Å²) in [6.07, 6.45) is -1.16. The first-order chi connectivity index (χ1) is 16.2. The molecule has 8 nitrogen and oxygen atoms in total. The Morgan fingerprint density at radius 3 is 2.32 bits per heavy atom. The fourth-order valence-corrected chi connectivity index (χ4v) is 3.95. The van der Waals surface area contributed by atoms with Gasteiger partial charge in [-0.15, -0.1) is 0 Å². The van der Waals surface area contributed by atoms with Crippen LogP contribution < -0.4 is 16.0 Å². The van der Waals surface area contributed by atoms with Crippen LogP contribution in [0.15, 0.2) is 22.8 Å². The minimum absolute atomic E-state index is 0.125. The smallest absolute Gasteiger partial charge is 0.352 e. The maximum atomic E-state index is 13.0. The zero-order valence-corrected chi connectivity index (χ0v) is 18.7. The number of alkyl halides is 4. The summed E-state index contributed by atoms with van der Waals surface area (Å²) >= 11 is 0. The lowest BCUT2D eigenvalue weighted by molar-refractivity contribution is -0.137. The van der Waals surface area contributed by atoms with E-state index < -0.39 is 24.3 Å². The number of halogens is 4. The van der Waals surface area contributed by atoms with Crippen LogP contribution in [0.4, 0.5) is 23.4 Å². The highest BCUT2D eigenvalue weighted by Crippen LogP contribution is 2.31. The lowest BCUT2D eigenvalue weighted by Gasteiger charge is -2.28. The number of rotatable bonds is 9. The summed E-state index contributed by atoms with van der Waals surface area (Å²) in [4.78, 5) is 24.3. The number of hydrogen-bond donors (Lipinski definition) is 3. The van der Waals surface area contributed by atoms with E-state index in [9.17, 15) is 27.2 Å². The van der Waals surface area contributed by atoms with Gasteiger partial charge in [-0.25, -0.2) is 9.02 Å². The molecule has 1 saturated carbocycles. The molecule has 3 rings (SSSR count). The molecule has 0 atom stereocenters. The van der Waals surface area contributed by atoms with Crippen molar-refractivity contribution in [1.82, 2.24) is 20.9 Å². The molecular formula is C22H27F4N5O3. The van der Waals surface area contributed by atoms with Gasteiger partial charge in [-0.2, -0.15) is 13.2 Å². The molecular weight excluding hydrogens is 458 g/mol. The van der Waals surface area contributed by atoms with Crippen molar-refractivity contribution in [3.8, 4) is 0 Å². The molecule has 1 aliphatic rings. The third-order valence-corrected chi connectivity index (χ3v) is 5.88. The number of anilines is 1. The molecule has 0 bridgehead atoms. The molecule has 34 heavy (non-hydrogen) atoms. The van der Waals surface area contributed by atoms with E-state index >= 15 is 0 Å². The van der Waals surface area contributed by atoms with Crippen molar-refractivity contribution in [3.05, 3.63) is 40.6 Å². The first-order valence-corrected chi connectivity index (χ1v) is 11.0. The summed E-state index contributed by atoms with van der Waals surface area (Å²) in [5, 5.41) is 15.6. The van der Waals surface area contributed by atoms with Crippen LogP contribution >= 0.6 is 0 Å². The number of aromatic nitrogens is 2. The standard InChI is InChI=1S/C22H27F4N5O3/c1-13-20(31-34-30-13)29-19(32)12-27-10-14-2-4-15(5-3-14)11-28-21(33)17-6-16(9-23)7-18(8-17)22(24,25)26/h6-8,14-15,27H,2-5,9-12H2,1H3,(H,28,33)(H,29,31,32)/t14-,15-. The number of carbonyl (C=O) groups excluding carboxylic acids is 2. The predicted octanol–water partition coefficient (Wildman–Crippen LogP) is 3.63. The van der Waals surface area contributed by atoms with E-state index in [0.717, 1.165) is 37.8 Å². The van der Waals surface area contributed by atoms with Gasteiger partial charge in [0.1, 0.15) is 12.4 Å². The quantitative estimate of drug-likeness (QED) is 0.468. The van der Waals surface area contributed by atoms with Gasteiger partial charge in [0.25, 0.3) is 5.91 Å². The van der Waals surface area contributed by atoms with Crippen LogP contribution in [0.3, 0.4) is 0 Å². The minimum atomic E-state index is -4.65. The molecule has 2 amide bonds. The van der Waals surface area contributed by atoms with Crippen molar-refractivity contribution in [1.29, 1.82) is 0 Å². The van der Waals surface area contributed by atoms with Crippen LogP contribution in [0, 0.1) is 18.8 Å². The zero-order valence-electron chi connectivity index (χ0n) is 18.7. The highest BCUT2D eigenvalue weighted by molar-refractivity contribution is 5.94. The van der Waals surface area contributed by atoms with E-state index in [2.05, 4.69) is 30.9 Å². The maximum Gasteiger partial charge on any atom is 0.416 e. The number of carbonyl (C=O) groups is 2. The van der Waals surface area contributed by atoms with Crippen molar-refractivity contribution in [2.24, 2.45) is 11.8 Å². The predicted molar refractivity (Wildman–Crippen MR) is 115 cm³/mol. The molecule has 1 fully saturated rings. The Morgan fingerprint density at radius 1 is 1.06 bits per heavy atom. The third-order valence-electron chi connectivity index (χ3n) is 5.88. The van der Waals surface area contributed by atoms with Crippen molar-refractivity contribution in [2.45, 2.75) is 45.5 Å². The Kier molecular flexibility index (Phi) is 8.59. The van der Waals surface area contributed by atoms with Crippen LogP contribution in [-0.2, 0) is 17.6 Å². The number of amides is 2. The number of hydrogen-bond acceptors (Lipinski definition) is 6. The van der Waals surface area contributed by atoms with E-state index in [4.69, 9.17) is 0 Å². The first-order valence-electron chi connectivity index (χ1n) is 11.0. The third kappa shape index (κ3) is 7.24. The molecule has 1 aliphatic carbocycles. The second kappa shape index (κ2) is 11.4. The fraction of sp³-hybridized carbons (Fsp3) is 0.545. The number of nitrogens with zero attached hydrogens (tertiary/aromatic N) is 2. The van der Waals surface area contributed by atoms with Gasteiger partial charge >= 0.3 is 6.18 Å². The summed E-state index contributed by atoms with van der Waals surface area (Å²) in [6, 6.07) is 2.60. The van der Waals surface area contributed by atoms with Gasteiger partial charge in [0.05, 0.1) is 12.1 Å². The van der Waals surface area contributed by atoms with Crippen molar-refractivity contribution < 1.29 is 31.8 Å². The Balaban J connectivity index is 1.38. The lowest BCUT2D eigenvalue weighted by Crippen LogP contribution is -2.35. The maximum absolute atomic E-state index is 13.0. The highest BCUT2D eigenvalue weighted by Gasteiger charge is 2.32. The summed E-state index contributed by atoms with van der Waals surface area (Å²) in [5.74, 6) is -0.0161. The van der Waals surface area contributed by atoms with Gasteiger partial charge in [-0.1, -0.05) is 5.16 Å². The Labute approximate surface area is 193 Å². The minimum Gasteiger partial charge on any atom is -0.352 e. The second-order valence-corrected chi connectivity index (χ2v) is 8.52. The van der Waals surface area contributed by atoms with Gasteiger partial charge in [-0.05, 0) is 79.9 Å². The van der Waals surface area contributed by atoms with Gasteiger partial charge in [0.15, 0.2) is 5.82 Å². The van der Waals surface area contributed by atoms with E-state index in [1.54, 1.807) is 6.92 Å². The SMILES string of the molecule is Cc1nonc1NC(=O)CNC[C@H]1CC[C@H](CNC(=O)c2cc(CF)cc(C(F)(F)F)c2)CC1. The topological polar surface area (TPSA) is 109 Å². The normalized spacial score (nSPS) is 18.5. The first kappa shape index (κ1) is 25.6. The molecule has 0 spiro atoms. The molecule has 186 valence electrons. The van der Waals surface area contributed by atoms with E-state index in [0.29, 0.717) is 36.6 Å². The number of aryl methyl sites for hydroxylation is 1. The summed E-state index contributed by atoms with van der Waals surface area (Å²) in [6.45, 7) is 1.72. The van der Waals surface area contributed by atoms with Crippen molar-refractivity contribution >= 4 is 17.6 Å². The van der Waals surface area contributed by atoms with Gasteiger partial charge in [0.2, 0.25) is 5.91 Å². The van der Waals surface area contributed by atoms with Crippen LogP contribution in [0.2, 0.25) is 0 Å². The lowest BCUT2D eigenvalue weighted by atomic mass is 9.82. The molecule has 0 unspecified atom stereocenters. The van der Waals surface area contributed by atoms with Gasteiger partial charge in [0, 0.05) is 12.1 Å². The molecule has 1 aromatic heterocycles. The second-order valence-electron chi connectivity index (χ2n) is 8.52. The molecule has 0 radical (unpaired) electrons. The van der Waals surface area contributed by atoms with Crippen LogP contribution in [-0.4, -0.2) is 41.8 Å². The molecule has 12 heteroatoms. The average Bonchev–Trinajstić information content (AvgIpc) is 3.21. The van der Waals surface area contributed by atoms with E-state index in [1.165, 1.54) is 0 Å². The fourth-order valence-electron chi connectivity index (χ4n) is 3.95. The monoisotopic (exact) mass is 485 g/mol. The molecule has 3 N–H and O–H groups in total. The van der Waals surface area contributed by atoms with Crippen molar-refractivity contribution in [3.63, 3.8) is 0 Å². The molecule has 0 saturated heterocycles. The summed E-state index contributed by atoms with van der Waals surface area (Å²) in [5.41, 5.74) is -0.929. The Morgan fingerprint density at radius 2 is 1.74 bits per heavy atom. The molecule has 0 aliphatic heterocycles. The summed E-state index contributed by atoms with van der Waals surface area (Å²) in [7, 11) is 0. The largest absolute Gasteiger partial charge is 0.416 e. The van der Waals surface area contributed by atoms with E-state index in [1.807, 2.05) is 0 Å². The van der Waals surface area contributed by atoms with Crippen LogP contribution in [0.1, 0.15) is 52.9 Å². The molecule has 2 aromatic rings. The molecule has 1 aromatic carbocycles. The molecule has 1 heterocycles. The zero-order chi connectivity index (χ0) is 24.7. The van der Waals surface area contributed by atoms with Gasteiger partial charge in [-0.3, -0.25) is 9.59 Å². The summed E-state index contributed by atoms with van der Waals surface area (Å²) < 4.78 is 56.5. The Hall–Kier alpha value is -3.02. The van der Waals surface area contributed by atoms with Crippen molar-refractivity contribution in [2.75, 3.05) is 25.0 Å². The highest BCUT2D eigenvalue weighted by atomic mass is 19.4. The Bertz CT molecular complexity index is 987. The number of benzene rings is 1. The van der Waals surface area contributed by atoms with Crippen LogP contribution in [0.5, 0.6) is 0 Å². The van der Waals surface area contributed by atoms with Crippen LogP contribution in [0.25, 0.3) is 0 Å². The van der Waals surface area contributed by atoms with E-state index in [-0.39, 0.29) is 29.5 Å². The number of nitrogens with one attached hydrogen (secondary N) is 3.